The normalized spacial score (nSPS) is 15.4. The van der Waals surface area contributed by atoms with E-state index in [0.29, 0.717) is 37.5 Å². The summed E-state index contributed by atoms with van der Waals surface area (Å²) in [5, 5.41) is 6.67. The molecule has 0 atom stereocenters. The van der Waals surface area contributed by atoms with E-state index in [1.807, 2.05) is 24.0 Å². The predicted molar refractivity (Wildman–Crippen MR) is 124 cm³/mol. The maximum absolute atomic E-state index is 14.6. The van der Waals surface area contributed by atoms with Gasteiger partial charge in [-0.15, -0.1) is 0 Å². The molecule has 0 amide bonds. The van der Waals surface area contributed by atoms with Gasteiger partial charge in [-0.25, -0.2) is 9.38 Å². The largest absolute Gasteiger partial charge is 0.378 e. The van der Waals surface area contributed by atoms with Crippen molar-refractivity contribution in [3.05, 3.63) is 29.6 Å². The highest BCUT2D eigenvalue weighted by Crippen LogP contribution is 2.22. The monoisotopic (exact) mass is 421 g/mol. The molecule has 7 heteroatoms. The highest BCUT2D eigenvalue weighted by molar-refractivity contribution is 5.79. The molecule has 0 unspecified atom stereocenters. The van der Waals surface area contributed by atoms with Gasteiger partial charge in [0.25, 0.3) is 0 Å². The van der Waals surface area contributed by atoms with Crippen LogP contribution in [0, 0.1) is 5.82 Å². The van der Waals surface area contributed by atoms with Crippen LogP contribution >= 0.6 is 0 Å². The van der Waals surface area contributed by atoms with E-state index < -0.39 is 0 Å². The van der Waals surface area contributed by atoms with Gasteiger partial charge in [-0.3, -0.25) is 4.90 Å². The van der Waals surface area contributed by atoms with E-state index in [0.717, 1.165) is 50.7 Å². The van der Waals surface area contributed by atoms with Crippen molar-refractivity contribution in [3.63, 3.8) is 0 Å². The highest BCUT2D eigenvalue weighted by Gasteiger charge is 2.15. The molecule has 1 saturated heterocycles. The Bertz CT molecular complexity index is 651. The summed E-state index contributed by atoms with van der Waals surface area (Å²) in [7, 11) is 0. The van der Waals surface area contributed by atoms with Crippen LogP contribution in [0.3, 0.4) is 0 Å². The molecule has 1 heterocycles. The Hall–Kier alpha value is -1.86. The lowest BCUT2D eigenvalue weighted by molar-refractivity contribution is 0.122. The van der Waals surface area contributed by atoms with Crippen LogP contribution in [0.2, 0.25) is 0 Å². The van der Waals surface area contributed by atoms with Gasteiger partial charge >= 0.3 is 0 Å². The number of aliphatic imine (C=N–C) groups is 1. The van der Waals surface area contributed by atoms with Gasteiger partial charge in [0.05, 0.1) is 25.4 Å². The Kier molecular flexibility index (Phi) is 10.4. The van der Waals surface area contributed by atoms with Gasteiger partial charge in [0.1, 0.15) is 5.82 Å². The van der Waals surface area contributed by atoms with Crippen molar-refractivity contribution in [3.8, 4) is 0 Å². The lowest BCUT2D eigenvalue weighted by Crippen LogP contribution is -2.41. The number of guanidine groups is 1. The lowest BCUT2D eigenvalue weighted by atomic mass is 10.1. The molecule has 0 aliphatic carbocycles. The van der Waals surface area contributed by atoms with Crippen molar-refractivity contribution in [2.24, 2.45) is 4.99 Å². The van der Waals surface area contributed by atoms with Crippen molar-refractivity contribution in [2.75, 3.05) is 50.8 Å². The Morgan fingerprint density at radius 1 is 1.17 bits per heavy atom. The molecule has 30 heavy (non-hydrogen) atoms. The van der Waals surface area contributed by atoms with E-state index in [-0.39, 0.29) is 5.82 Å². The van der Waals surface area contributed by atoms with Crippen LogP contribution in [0.1, 0.15) is 46.6 Å². The second-order valence-corrected chi connectivity index (χ2v) is 8.29. The number of anilines is 1. The van der Waals surface area contributed by atoms with Gasteiger partial charge in [0.15, 0.2) is 5.96 Å². The van der Waals surface area contributed by atoms with E-state index in [2.05, 4.69) is 48.2 Å². The molecule has 1 aliphatic rings. The number of hydrogen-bond donors (Lipinski definition) is 2. The SMILES string of the molecule is CCNC(=NCc1ccc(N2CCOCC2)c(F)c1)NCCCN(C(C)C)C(C)C. The van der Waals surface area contributed by atoms with Crippen LogP contribution in [-0.4, -0.2) is 68.9 Å². The van der Waals surface area contributed by atoms with Gasteiger partial charge in [0.2, 0.25) is 0 Å². The third-order valence-electron chi connectivity index (χ3n) is 5.34. The molecule has 0 spiro atoms. The van der Waals surface area contributed by atoms with Crippen LogP contribution in [0.25, 0.3) is 0 Å². The van der Waals surface area contributed by atoms with E-state index in [9.17, 15) is 4.39 Å². The average molecular weight is 422 g/mol. The van der Waals surface area contributed by atoms with Crippen LogP contribution < -0.4 is 15.5 Å². The Morgan fingerprint density at radius 2 is 1.87 bits per heavy atom. The summed E-state index contributed by atoms with van der Waals surface area (Å²) in [4.78, 5) is 9.16. The minimum absolute atomic E-state index is 0.190. The van der Waals surface area contributed by atoms with E-state index in [1.54, 1.807) is 6.07 Å². The first-order valence-electron chi connectivity index (χ1n) is 11.3. The zero-order valence-electron chi connectivity index (χ0n) is 19.4. The number of morpholine rings is 1. The molecule has 0 bridgehead atoms. The number of rotatable bonds is 10. The molecular formula is C23H40FN5O. The maximum Gasteiger partial charge on any atom is 0.191 e. The number of halogens is 1. The van der Waals surface area contributed by atoms with Gasteiger partial charge in [-0.1, -0.05) is 6.07 Å². The molecule has 1 fully saturated rings. The fourth-order valence-corrected chi connectivity index (χ4v) is 3.80. The first-order chi connectivity index (χ1) is 14.4. The third-order valence-corrected chi connectivity index (χ3v) is 5.34. The summed E-state index contributed by atoms with van der Waals surface area (Å²) in [6, 6.07) is 6.51. The van der Waals surface area contributed by atoms with Gasteiger partial charge in [-0.05, 0) is 58.7 Å². The van der Waals surface area contributed by atoms with Gasteiger partial charge in [0, 0.05) is 44.8 Å². The molecule has 1 aromatic carbocycles. The van der Waals surface area contributed by atoms with Crippen LogP contribution in [0.5, 0.6) is 0 Å². The topological polar surface area (TPSA) is 52.1 Å². The predicted octanol–water partition coefficient (Wildman–Crippen LogP) is 3.23. The molecule has 1 aromatic rings. The van der Waals surface area contributed by atoms with E-state index in [4.69, 9.17) is 4.74 Å². The van der Waals surface area contributed by atoms with Crippen molar-refractivity contribution >= 4 is 11.6 Å². The zero-order valence-corrected chi connectivity index (χ0v) is 19.4. The summed E-state index contributed by atoms with van der Waals surface area (Å²) in [6.45, 7) is 16.9. The molecule has 1 aliphatic heterocycles. The van der Waals surface area contributed by atoms with Crippen molar-refractivity contribution in [2.45, 2.75) is 59.7 Å². The number of ether oxygens (including phenoxy) is 1. The molecule has 2 N–H and O–H groups in total. The molecule has 6 nitrogen and oxygen atoms in total. The minimum Gasteiger partial charge on any atom is -0.378 e. The Balaban J connectivity index is 1.88. The van der Waals surface area contributed by atoms with Crippen LogP contribution in [0.15, 0.2) is 23.2 Å². The number of benzene rings is 1. The molecule has 0 aromatic heterocycles. The van der Waals surface area contributed by atoms with Crippen molar-refractivity contribution in [1.82, 2.24) is 15.5 Å². The van der Waals surface area contributed by atoms with Crippen LogP contribution in [0.4, 0.5) is 10.1 Å². The molecule has 170 valence electrons. The Morgan fingerprint density at radius 3 is 2.47 bits per heavy atom. The van der Waals surface area contributed by atoms with Gasteiger partial charge in [-0.2, -0.15) is 0 Å². The molecule has 0 radical (unpaired) electrons. The molecular weight excluding hydrogens is 381 g/mol. The molecule has 0 saturated carbocycles. The minimum atomic E-state index is -0.190. The number of nitrogens with one attached hydrogen (secondary N) is 2. The lowest BCUT2D eigenvalue weighted by Gasteiger charge is -2.30. The van der Waals surface area contributed by atoms with Gasteiger partial charge < -0.3 is 20.3 Å². The average Bonchev–Trinajstić information content (AvgIpc) is 2.71. The number of nitrogens with zero attached hydrogens (tertiary/aromatic N) is 3. The summed E-state index contributed by atoms with van der Waals surface area (Å²) in [6.07, 6.45) is 1.05. The quantitative estimate of drug-likeness (QED) is 0.345. The molecule has 2 rings (SSSR count). The summed E-state index contributed by atoms with van der Waals surface area (Å²) in [5.41, 5.74) is 1.52. The Labute approximate surface area is 181 Å². The second kappa shape index (κ2) is 12.7. The summed E-state index contributed by atoms with van der Waals surface area (Å²) >= 11 is 0. The highest BCUT2D eigenvalue weighted by atomic mass is 19.1. The standard InChI is InChI=1S/C23H40FN5O/c1-6-25-23(26-10-7-11-29(18(2)3)19(4)5)27-17-20-8-9-22(21(24)16-20)28-12-14-30-15-13-28/h8-9,16,18-19H,6-7,10-15,17H2,1-5H3,(H2,25,26,27). The third kappa shape index (κ3) is 7.76. The van der Waals surface area contributed by atoms with E-state index in [1.165, 1.54) is 0 Å². The zero-order chi connectivity index (χ0) is 21.9. The van der Waals surface area contributed by atoms with E-state index >= 15 is 0 Å². The first-order valence-corrected chi connectivity index (χ1v) is 11.3. The summed E-state index contributed by atoms with van der Waals surface area (Å²) in [5.74, 6) is 0.584. The van der Waals surface area contributed by atoms with Crippen molar-refractivity contribution in [1.29, 1.82) is 0 Å². The first kappa shape index (κ1) is 24.4. The number of hydrogen-bond acceptors (Lipinski definition) is 4. The fraction of sp³-hybridized carbons (Fsp3) is 0.696. The summed E-state index contributed by atoms with van der Waals surface area (Å²) < 4.78 is 19.9. The van der Waals surface area contributed by atoms with Crippen molar-refractivity contribution < 1.29 is 9.13 Å². The smallest absolute Gasteiger partial charge is 0.191 e. The maximum atomic E-state index is 14.6. The second-order valence-electron chi connectivity index (χ2n) is 8.29. The van der Waals surface area contributed by atoms with Crippen LogP contribution in [-0.2, 0) is 11.3 Å². The fourth-order valence-electron chi connectivity index (χ4n) is 3.80.